The fourth-order valence-electron chi connectivity index (χ4n) is 2.83. The highest BCUT2D eigenvalue weighted by Gasteiger charge is 2.14. The van der Waals surface area contributed by atoms with Crippen molar-refractivity contribution in [2.24, 2.45) is 0 Å². The number of halogens is 2. The van der Waals surface area contributed by atoms with Crippen LogP contribution < -0.4 is 0 Å². The number of fused-ring (bicyclic) bond motifs is 2. The number of hydrogen-bond donors (Lipinski definition) is 1. The fraction of sp³-hybridized carbons (Fsp3) is 0. The minimum Gasteiger partial charge on any atom is -0.360 e. The summed E-state index contributed by atoms with van der Waals surface area (Å²) in [4.78, 5) is 8.84. The van der Waals surface area contributed by atoms with E-state index < -0.39 is 0 Å². The standard InChI is InChI=1S/C18H11ClN4S.BrH/c19-12-6-7-15-13(8-12)14(9-20-15)17-22-23-10-16(21-18(23)24-17)11-4-2-1-3-5-11;/h1-10,20H;1H. The number of aromatic nitrogens is 4. The molecule has 0 aliphatic carbocycles. The number of benzene rings is 2. The van der Waals surface area contributed by atoms with Crippen molar-refractivity contribution in [2.75, 3.05) is 0 Å². The molecule has 0 aliphatic heterocycles. The van der Waals surface area contributed by atoms with E-state index in [1.165, 1.54) is 0 Å². The molecule has 0 saturated heterocycles. The lowest BCUT2D eigenvalue weighted by Crippen LogP contribution is -1.82. The van der Waals surface area contributed by atoms with Crippen LogP contribution in [-0.4, -0.2) is 19.6 Å². The van der Waals surface area contributed by atoms with E-state index in [1.807, 2.05) is 53.3 Å². The number of hydrogen-bond acceptors (Lipinski definition) is 3. The van der Waals surface area contributed by atoms with Crippen LogP contribution in [0.4, 0.5) is 0 Å². The quantitative estimate of drug-likeness (QED) is 0.382. The van der Waals surface area contributed by atoms with Crippen molar-refractivity contribution in [1.82, 2.24) is 19.6 Å². The number of nitrogens with one attached hydrogen (secondary N) is 1. The van der Waals surface area contributed by atoms with Gasteiger partial charge >= 0.3 is 0 Å². The summed E-state index contributed by atoms with van der Waals surface area (Å²) in [5, 5.41) is 7.40. The predicted molar refractivity (Wildman–Crippen MR) is 109 cm³/mol. The monoisotopic (exact) mass is 430 g/mol. The molecule has 2 aromatic carbocycles. The molecule has 0 radical (unpaired) electrons. The first-order chi connectivity index (χ1) is 11.8. The van der Waals surface area contributed by atoms with Gasteiger partial charge in [-0.2, -0.15) is 5.10 Å². The van der Waals surface area contributed by atoms with E-state index in [0.717, 1.165) is 42.7 Å². The summed E-state index contributed by atoms with van der Waals surface area (Å²) in [6.45, 7) is 0. The van der Waals surface area contributed by atoms with Crippen LogP contribution in [0.25, 0.3) is 37.7 Å². The molecule has 0 amide bonds. The second-order valence-electron chi connectivity index (χ2n) is 5.52. The van der Waals surface area contributed by atoms with Gasteiger partial charge in [0.2, 0.25) is 4.96 Å². The van der Waals surface area contributed by atoms with Gasteiger partial charge in [-0.05, 0) is 18.2 Å². The van der Waals surface area contributed by atoms with Gasteiger partial charge in [-0.15, -0.1) is 17.0 Å². The average Bonchev–Trinajstić information content (AvgIpc) is 3.27. The number of rotatable bonds is 2. The molecule has 3 aromatic heterocycles. The highest BCUT2D eigenvalue weighted by molar-refractivity contribution is 8.93. The Balaban J connectivity index is 0.00000157. The van der Waals surface area contributed by atoms with Crippen LogP contribution in [0.5, 0.6) is 0 Å². The minimum absolute atomic E-state index is 0. The Labute approximate surface area is 162 Å². The largest absolute Gasteiger partial charge is 0.360 e. The minimum atomic E-state index is 0. The molecule has 5 rings (SSSR count). The molecular formula is C18H12BrClN4S. The Morgan fingerprint density at radius 1 is 1.08 bits per heavy atom. The first kappa shape index (κ1) is 16.3. The lowest BCUT2D eigenvalue weighted by atomic mass is 10.2. The van der Waals surface area contributed by atoms with E-state index in [2.05, 4.69) is 17.1 Å². The smallest absolute Gasteiger partial charge is 0.213 e. The van der Waals surface area contributed by atoms with Crippen LogP contribution in [-0.2, 0) is 0 Å². The summed E-state index contributed by atoms with van der Waals surface area (Å²) in [6, 6.07) is 15.9. The zero-order valence-electron chi connectivity index (χ0n) is 12.8. The number of imidazole rings is 1. The van der Waals surface area contributed by atoms with Crippen LogP contribution in [0.2, 0.25) is 5.02 Å². The lowest BCUT2D eigenvalue weighted by molar-refractivity contribution is 0.979. The maximum absolute atomic E-state index is 6.13. The van der Waals surface area contributed by atoms with Crippen LogP contribution in [0.1, 0.15) is 0 Å². The number of nitrogens with zero attached hydrogens (tertiary/aromatic N) is 3. The normalized spacial score (nSPS) is 11.1. The summed E-state index contributed by atoms with van der Waals surface area (Å²) in [5.74, 6) is 0. The molecule has 0 saturated carbocycles. The molecule has 25 heavy (non-hydrogen) atoms. The summed E-state index contributed by atoms with van der Waals surface area (Å²) >= 11 is 7.70. The van der Waals surface area contributed by atoms with E-state index in [9.17, 15) is 0 Å². The lowest BCUT2D eigenvalue weighted by Gasteiger charge is -1.95. The van der Waals surface area contributed by atoms with E-state index in [-0.39, 0.29) is 17.0 Å². The maximum atomic E-state index is 6.13. The molecule has 0 spiro atoms. The molecule has 0 atom stereocenters. The third-order valence-corrected chi connectivity index (χ3v) is 5.18. The highest BCUT2D eigenvalue weighted by Crippen LogP contribution is 2.34. The summed E-state index contributed by atoms with van der Waals surface area (Å²) in [7, 11) is 0. The summed E-state index contributed by atoms with van der Waals surface area (Å²) < 4.78 is 1.84. The second kappa shape index (κ2) is 6.29. The van der Waals surface area contributed by atoms with E-state index in [4.69, 9.17) is 21.7 Å². The van der Waals surface area contributed by atoms with Crippen LogP contribution in [0.15, 0.2) is 60.9 Å². The SMILES string of the molecule is Br.Clc1ccc2[nH]cc(-c3nn4cc(-c5ccccc5)nc4s3)c2c1. The zero-order chi connectivity index (χ0) is 16.1. The first-order valence-electron chi connectivity index (χ1n) is 7.46. The average molecular weight is 432 g/mol. The first-order valence-corrected chi connectivity index (χ1v) is 8.66. The molecule has 0 unspecified atom stereocenters. The van der Waals surface area contributed by atoms with Gasteiger partial charge in [0.05, 0.1) is 11.9 Å². The molecule has 7 heteroatoms. The molecule has 0 bridgehead atoms. The van der Waals surface area contributed by atoms with E-state index >= 15 is 0 Å². The van der Waals surface area contributed by atoms with Crippen molar-refractivity contribution in [2.45, 2.75) is 0 Å². The Morgan fingerprint density at radius 2 is 1.92 bits per heavy atom. The summed E-state index contributed by atoms with van der Waals surface area (Å²) in [6.07, 6.45) is 3.93. The van der Waals surface area contributed by atoms with Crippen molar-refractivity contribution < 1.29 is 0 Å². The van der Waals surface area contributed by atoms with Gasteiger partial charge in [0.15, 0.2) is 0 Å². The van der Waals surface area contributed by atoms with Gasteiger partial charge in [0.1, 0.15) is 5.01 Å². The van der Waals surface area contributed by atoms with Gasteiger partial charge in [-0.1, -0.05) is 53.3 Å². The van der Waals surface area contributed by atoms with Crippen LogP contribution >= 0.6 is 39.9 Å². The van der Waals surface area contributed by atoms with Gasteiger partial charge < -0.3 is 4.98 Å². The zero-order valence-corrected chi connectivity index (χ0v) is 16.1. The number of aromatic amines is 1. The predicted octanol–water partition coefficient (Wildman–Crippen LogP) is 5.84. The van der Waals surface area contributed by atoms with Crippen LogP contribution in [0, 0.1) is 0 Å². The second-order valence-corrected chi connectivity index (χ2v) is 6.91. The van der Waals surface area contributed by atoms with Crippen molar-refractivity contribution >= 4 is 55.8 Å². The maximum Gasteiger partial charge on any atom is 0.213 e. The highest BCUT2D eigenvalue weighted by atomic mass is 79.9. The molecular weight excluding hydrogens is 420 g/mol. The van der Waals surface area contributed by atoms with Gasteiger partial charge in [-0.25, -0.2) is 9.50 Å². The van der Waals surface area contributed by atoms with Gasteiger partial charge in [0, 0.05) is 33.2 Å². The van der Waals surface area contributed by atoms with Crippen molar-refractivity contribution in [1.29, 1.82) is 0 Å². The van der Waals surface area contributed by atoms with Crippen LogP contribution in [0.3, 0.4) is 0 Å². The molecule has 0 fully saturated rings. The Bertz CT molecular complexity index is 1140. The molecule has 5 aromatic rings. The molecule has 124 valence electrons. The Morgan fingerprint density at radius 3 is 2.72 bits per heavy atom. The van der Waals surface area contributed by atoms with Gasteiger partial charge in [0.25, 0.3) is 0 Å². The molecule has 0 aliphatic rings. The Kier molecular flexibility index (Phi) is 4.11. The summed E-state index contributed by atoms with van der Waals surface area (Å²) in [5.41, 5.74) is 4.12. The fourth-order valence-corrected chi connectivity index (χ4v) is 3.91. The van der Waals surface area contributed by atoms with Gasteiger partial charge in [-0.3, -0.25) is 0 Å². The molecule has 1 N–H and O–H groups in total. The molecule has 3 heterocycles. The molecule has 4 nitrogen and oxygen atoms in total. The van der Waals surface area contributed by atoms with E-state index in [0.29, 0.717) is 0 Å². The van der Waals surface area contributed by atoms with E-state index in [1.54, 1.807) is 11.3 Å². The van der Waals surface area contributed by atoms with Crippen molar-refractivity contribution in [3.63, 3.8) is 0 Å². The topological polar surface area (TPSA) is 46.0 Å². The number of H-pyrrole nitrogens is 1. The third kappa shape index (κ3) is 2.76. The Hall–Kier alpha value is -2.15. The third-order valence-electron chi connectivity index (χ3n) is 3.99. The van der Waals surface area contributed by atoms with Crippen molar-refractivity contribution in [3.8, 4) is 21.8 Å². The van der Waals surface area contributed by atoms with Crippen molar-refractivity contribution in [3.05, 3.63) is 65.9 Å².